The summed E-state index contributed by atoms with van der Waals surface area (Å²) in [5.74, 6) is 1.17. The SMILES string of the molecule is C[C@@H](CN=CN)Oc1cc(-c2cnc(Nc3cn(C4CCCCC4)nc3OCC#N)nc2)ccc1C#N. The Bertz CT molecular complexity index is 1300. The topological polar surface area (TPSA) is 160 Å². The molecule has 1 atom stereocenters. The van der Waals surface area contributed by atoms with E-state index < -0.39 is 0 Å². The summed E-state index contributed by atoms with van der Waals surface area (Å²) in [6.07, 6.45) is 12.0. The monoisotopic (exact) mass is 499 g/mol. The van der Waals surface area contributed by atoms with Gasteiger partial charge in [-0.2, -0.15) is 10.5 Å². The molecule has 1 aliphatic rings. The fourth-order valence-electron chi connectivity index (χ4n) is 4.22. The molecule has 0 saturated heterocycles. The molecule has 0 unspecified atom stereocenters. The summed E-state index contributed by atoms with van der Waals surface area (Å²) in [7, 11) is 0. The van der Waals surface area contributed by atoms with E-state index in [2.05, 4.69) is 31.4 Å². The van der Waals surface area contributed by atoms with Gasteiger partial charge in [-0.05, 0) is 37.5 Å². The van der Waals surface area contributed by atoms with Gasteiger partial charge in [0, 0.05) is 18.0 Å². The van der Waals surface area contributed by atoms with Gasteiger partial charge in [0.1, 0.15) is 29.7 Å². The fraction of sp³-hybridized carbons (Fsp3) is 0.385. The van der Waals surface area contributed by atoms with Crippen LogP contribution in [-0.2, 0) is 0 Å². The highest BCUT2D eigenvalue weighted by Crippen LogP contribution is 2.33. The highest BCUT2D eigenvalue weighted by molar-refractivity contribution is 5.67. The van der Waals surface area contributed by atoms with Crippen LogP contribution in [0.3, 0.4) is 0 Å². The van der Waals surface area contributed by atoms with Gasteiger partial charge in [0.2, 0.25) is 5.95 Å². The molecule has 2 aromatic heterocycles. The number of nitrogens with one attached hydrogen (secondary N) is 1. The molecule has 1 saturated carbocycles. The van der Waals surface area contributed by atoms with Crippen LogP contribution in [0.15, 0.2) is 41.8 Å². The van der Waals surface area contributed by atoms with Crippen molar-refractivity contribution in [3.8, 4) is 34.9 Å². The Hall–Kier alpha value is -4.64. The van der Waals surface area contributed by atoms with Gasteiger partial charge < -0.3 is 20.5 Å². The van der Waals surface area contributed by atoms with E-state index in [1.807, 2.05) is 29.9 Å². The van der Waals surface area contributed by atoms with Crippen molar-refractivity contribution in [2.24, 2.45) is 10.7 Å². The third-order valence-electron chi connectivity index (χ3n) is 6.05. The van der Waals surface area contributed by atoms with E-state index in [-0.39, 0.29) is 12.7 Å². The zero-order chi connectivity index (χ0) is 26.0. The first-order chi connectivity index (χ1) is 18.1. The van der Waals surface area contributed by atoms with Crippen LogP contribution >= 0.6 is 0 Å². The van der Waals surface area contributed by atoms with Gasteiger partial charge in [-0.3, -0.25) is 9.67 Å². The summed E-state index contributed by atoms with van der Waals surface area (Å²) in [6, 6.07) is 9.76. The number of benzene rings is 1. The Morgan fingerprint density at radius 1 is 1.22 bits per heavy atom. The van der Waals surface area contributed by atoms with Crippen molar-refractivity contribution in [2.75, 3.05) is 18.5 Å². The molecule has 0 radical (unpaired) electrons. The highest BCUT2D eigenvalue weighted by atomic mass is 16.5. The van der Waals surface area contributed by atoms with E-state index in [1.165, 1.54) is 25.6 Å². The van der Waals surface area contributed by atoms with E-state index >= 15 is 0 Å². The lowest BCUT2D eigenvalue weighted by Gasteiger charge is -2.21. The number of nitrogens with two attached hydrogens (primary N) is 1. The largest absolute Gasteiger partial charge is 0.487 e. The maximum atomic E-state index is 9.46. The zero-order valence-electron chi connectivity index (χ0n) is 20.7. The van der Waals surface area contributed by atoms with Crippen molar-refractivity contribution in [1.29, 1.82) is 10.5 Å². The second kappa shape index (κ2) is 12.4. The minimum absolute atomic E-state index is 0.101. The molecule has 3 aromatic rings. The Morgan fingerprint density at radius 2 is 2.00 bits per heavy atom. The van der Waals surface area contributed by atoms with Gasteiger partial charge in [0.15, 0.2) is 6.61 Å². The number of nitrogens with zero attached hydrogens (tertiary/aromatic N) is 7. The standard InChI is InChI=1S/C26H29N9O2/c1-18(13-30-17-29)37-24-11-19(7-8-20(24)12-28)21-14-31-26(32-15-21)33-23-16-35(22-5-3-2-4-6-22)34-25(23)36-10-9-27/h7-8,11,14-18,22H,2-6,10,13H2,1H3,(H2,29,30)(H,31,32,33)/t18-/m0/s1. The molecular formula is C26H29N9O2. The van der Waals surface area contributed by atoms with Crippen LogP contribution in [0.2, 0.25) is 0 Å². The smallest absolute Gasteiger partial charge is 0.257 e. The molecule has 1 fully saturated rings. The summed E-state index contributed by atoms with van der Waals surface area (Å²) >= 11 is 0. The van der Waals surface area contributed by atoms with Gasteiger partial charge in [-0.1, -0.05) is 25.3 Å². The minimum atomic E-state index is -0.253. The van der Waals surface area contributed by atoms with Crippen LogP contribution < -0.4 is 20.5 Å². The van der Waals surface area contributed by atoms with Crippen molar-refractivity contribution in [3.63, 3.8) is 0 Å². The molecule has 190 valence electrons. The van der Waals surface area contributed by atoms with E-state index in [0.29, 0.717) is 41.4 Å². The summed E-state index contributed by atoms with van der Waals surface area (Å²) < 4.78 is 13.4. The fourth-order valence-corrected chi connectivity index (χ4v) is 4.22. The molecule has 4 rings (SSSR count). The van der Waals surface area contributed by atoms with Crippen molar-refractivity contribution >= 4 is 18.0 Å². The van der Waals surface area contributed by atoms with Crippen LogP contribution in [0.4, 0.5) is 11.6 Å². The van der Waals surface area contributed by atoms with E-state index in [1.54, 1.807) is 24.5 Å². The van der Waals surface area contributed by atoms with Crippen LogP contribution in [0.25, 0.3) is 11.1 Å². The summed E-state index contributed by atoms with van der Waals surface area (Å²) in [5.41, 5.74) is 7.90. The molecule has 0 aliphatic heterocycles. The van der Waals surface area contributed by atoms with Crippen molar-refractivity contribution < 1.29 is 9.47 Å². The van der Waals surface area contributed by atoms with Crippen molar-refractivity contribution in [3.05, 3.63) is 42.4 Å². The molecule has 2 heterocycles. The van der Waals surface area contributed by atoms with Gasteiger partial charge in [-0.15, -0.1) is 5.10 Å². The van der Waals surface area contributed by atoms with Crippen molar-refractivity contribution in [1.82, 2.24) is 19.7 Å². The normalized spacial score (nSPS) is 14.6. The van der Waals surface area contributed by atoms with E-state index in [9.17, 15) is 5.26 Å². The molecule has 37 heavy (non-hydrogen) atoms. The molecular weight excluding hydrogens is 470 g/mol. The zero-order valence-corrected chi connectivity index (χ0v) is 20.7. The third kappa shape index (κ3) is 6.53. The quantitative estimate of drug-likeness (QED) is 0.309. The highest BCUT2D eigenvalue weighted by Gasteiger charge is 2.20. The second-order valence-electron chi connectivity index (χ2n) is 8.75. The van der Waals surface area contributed by atoms with Gasteiger partial charge >= 0.3 is 0 Å². The number of ether oxygens (including phenoxy) is 2. The molecule has 1 aliphatic carbocycles. The number of nitriles is 2. The maximum absolute atomic E-state index is 9.46. The predicted molar refractivity (Wildman–Crippen MR) is 139 cm³/mol. The van der Waals surface area contributed by atoms with Crippen LogP contribution in [0, 0.1) is 22.7 Å². The predicted octanol–water partition coefficient (Wildman–Crippen LogP) is 4.12. The molecule has 0 spiro atoms. The Labute approximate surface area is 215 Å². The van der Waals surface area contributed by atoms with Crippen molar-refractivity contribution in [2.45, 2.75) is 51.2 Å². The van der Waals surface area contributed by atoms with Gasteiger partial charge in [0.25, 0.3) is 5.88 Å². The van der Waals surface area contributed by atoms with Gasteiger partial charge in [-0.25, -0.2) is 9.97 Å². The lowest BCUT2D eigenvalue weighted by Crippen LogP contribution is -2.16. The number of aromatic nitrogens is 4. The van der Waals surface area contributed by atoms with Crippen LogP contribution in [0.1, 0.15) is 50.6 Å². The minimum Gasteiger partial charge on any atom is -0.487 e. The first-order valence-electron chi connectivity index (χ1n) is 12.2. The third-order valence-corrected chi connectivity index (χ3v) is 6.05. The lowest BCUT2D eigenvalue weighted by atomic mass is 9.96. The van der Waals surface area contributed by atoms with E-state index in [4.69, 9.17) is 20.5 Å². The van der Waals surface area contributed by atoms with Gasteiger partial charge in [0.05, 0.1) is 30.7 Å². The first kappa shape index (κ1) is 25.5. The molecule has 3 N–H and O–H groups in total. The van der Waals surface area contributed by atoms with Crippen LogP contribution in [-0.4, -0.2) is 45.3 Å². The lowest BCUT2D eigenvalue weighted by molar-refractivity contribution is 0.230. The van der Waals surface area contributed by atoms with Crippen LogP contribution in [0.5, 0.6) is 11.6 Å². The molecule has 1 aromatic carbocycles. The van der Waals surface area contributed by atoms with E-state index in [0.717, 1.165) is 24.0 Å². The summed E-state index contributed by atoms with van der Waals surface area (Å²) in [6.45, 7) is 2.14. The number of aliphatic imine (C=N–C) groups is 1. The number of anilines is 2. The molecule has 0 amide bonds. The number of rotatable bonds is 10. The second-order valence-corrected chi connectivity index (χ2v) is 8.75. The summed E-state index contributed by atoms with van der Waals surface area (Å²) in [5, 5.41) is 26.1. The molecule has 11 heteroatoms. The Balaban J connectivity index is 1.52. The molecule has 0 bridgehead atoms. The number of hydrogen-bond donors (Lipinski definition) is 2. The average molecular weight is 500 g/mol. The summed E-state index contributed by atoms with van der Waals surface area (Å²) in [4.78, 5) is 12.9. The average Bonchev–Trinajstić information content (AvgIpc) is 3.34. The molecule has 11 nitrogen and oxygen atoms in total. The number of hydrogen-bond acceptors (Lipinski definition) is 9. The Morgan fingerprint density at radius 3 is 2.70 bits per heavy atom. The first-order valence-corrected chi connectivity index (χ1v) is 12.2. The Kier molecular flexibility index (Phi) is 8.50. The maximum Gasteiger partial charge on any atom is 0.257 e.